The van der Waals surface area contributed by atoms with Crippen LogP contribution in [0.3, 0.4) is 0 Å². The van der Waals surface area contributed by atoms with Crippen molar-refractivity contribution < 1.29 is 9.53 Å². The van der Waals surface area contributed by atoms with Gasteiger partial charge in [0.2, 0.25) is 0 Å². The van der Waals surface area contributed by atoms with Crippen LogP contribution in [0.25, 0.3) is 0 Å². The van der Waals surface area contributed by atoms with Gasteiger partial charge in [-0.3, -0.25) is 0 Å². The van der Waals surface area contributed by atoms with Crippen LogP contribution < -0.4 is 5.73 Å². The third-order valence-corrected chi connectivity index (χ3v) is 5.02. The van der Waals surface area contributed by atoms with E-state index in [-0.39, 0.29) is 6.09 Å². The molecule has 2 heterocycles. The summed E-state index contributed by atoms with van der Waals surface area (Å²) in [7, 11) is 0. The minimum Gasteiger partial charge on any atom is -0.445 e. The quantitative estimate of drug-likeness (QED) is 0.928. The van der Waals surface area contributed by atoms with Gasteiger partial charge in [0.05, 0.1) is 0 Å². The van der Waals surface area contributed by atoms with Crippen molar-refractivity contribution in [2.45, 2.75) is 44.4 Å². The molecular weight excluding hydrogens is 290 g/mol. The second kappa shape index (κ2) is 7.79. The van der Waals surface area contributed by atoms with Gasteiger partial charge in [0.25, 0.3) is 0 Å². The molecule has 0 bridgehead atoms. The van der Waals surface area contributed by atoms with Crippen LogP contribution in [-0.2, 0) is 11.3 Å². The smallest absolute Gasteiger partial charge is 0.410 e. The number of amides is 1. The third-order valence-electron chi connectivity index (χ3n) is 5.02. The average Bonchev–Trinajstić information content (AvgIpc) is 2.61. The van der Waals surface area contributed by atoms with Gasteiger partial charge in [-0.05, 0) is 44.3 Å². The van der Waals surface area contributed by atoms with E-state index in [0.29, 0.717) is 18.7 Å². The van der Waals surface area contributed by atoms with Crippen molar-refractivity contribution in [1.82, 2.24) is 9.80 Å². The molecule has 0 unspecified atom stereocenters. The number of likely N-dealkylation sites (tertiary alicyclic amines) is 2. The summed E-state index contributed by atoms with van der Waals surface area (Å²) in [6.45, 7) is 4.14. The molecule has 2 aliphatic heterocycles. The van der Waals surface area contributed by atoms with Crippen molar-refractivity contribution in [1.29, 1.82) is 0 Å². The summed E-state index contributed by atoms with van der Waals surface area (Å²) in [6, 6.07) is 10.8. The second-order valence-electron chi connectivity index (χ2n) is 6.63. The maximum atomic E-state index is 12.2. The van der Waals surface area contributed by atoms with Crippen LogP contribution in [0.5, 0.6) is 0 Å². The SMILES string of the molecule is NC1CCN(C2CCN(C(=O)OCc3ccccc3)CC2)CC1. The Morgan fingerprint density at radius 3 is 2.35 bits per heavy atom. The lowest BCUT2D eigenvalue weighted by Gasteiger charge is -2.40. The number of hydrogen-bond donors (Lipinski definition) is 1. The molecule has 0 radical (unpaired) electrons. The first-order valence-electron chi connectivity index (χ1n) is 8.67. The number of hydrogen-bond acceptors (Lipinski definition) is 4. The van der Waals surface area contributed by atoms with Crippen molar-refractivity contribution in [3.63, 3.8) is 0 Å². The van der Waals surface area contributed by atoms with Crippen molar-refractivity contribution in [3.8, 4) is 0 Å². The van der Waals surface area contributed by atoms with Gasteiger partial charge >= 0.3 is 6.09 Å². The Morgan fingerprint density at radius 2 is 1.70 bits per heavy atom. The van der Waals surface area contributed by atoms with Crippen molar-refractivity contribution in [2.75, 3.05) is 26.2 Å². The minimum absolute atomic E-state index is 0.187. The minimum atomic E-state index is -0.187. The van der Waals surface area contributed by atoms with Crippen LogP contribution in [0.2, 0.25) is 0 Å². The first-order valence-corrected chi connectivity index (χ1v) is 8.67. The Balaban J connectivity index is 1.40. The average molecular weight is 317 g/mol. The number of piperidine rings is 2. The summed E-state index contributed by atoms with van der Waals surface area (Å²) in [5.41, 5.74) is 7.00. The van der Waals surface area contributed by atoms with E-state index < -0.39 is 0 Å². The van der Waals surface area contributed by atoms with E-state index in [0.717, 1.165) is 57.4 Å². The van der Waals surface area contributed by atoms with E-state index in [9.17, 15) is 4.79 Å². The zero-order valence-corrected chi connectivity index (χ0v) is 13.7. The number of carbonyl (C=O) groups excluding carboxylic acids is 1. The summed E-state index contributed by atoms with van der Waals surface area (Å²) in [6.07, 6.45) is 4.08. The van der Waals surface area contributed by atoms with E-state index in [4.69, 9.17) is 10.5 Å². The maximum Gasteiger partial charge on any atom is 0.410 e. The van der Waals surface area contributed by atoms with E-state index in [1.165, 1.54) is 0 Å². The fraction of sp³-hybridized carbons (Fsp3) is 0.611. The molecule has 3 rings (SSSR count). The van der Waals surface area contributed by atoms with Gasteiger partial charge < -0.3 is 20.3 Å². The fourth-order valence-corrected chi connectivity index (χ4v) is 3.51. The normalized spacial score (nSPS) is 21.3. The molecule has 0 aliphatic carbocycles. The van der Waals surface area contributed by atoms with E-state index >= 15 is 0 Å². The van der Waals surface area contributed by atoms with E-state index in [1.807, 2.05) is 35.2 Å². The van der Waals surface area contributed by atoms with Crippen LogP contribution in [-0.4, -0.2) is 54.2 Å². The second-order valence-corrected chi connectivity index (χ2v) is 6.63. The van der Waals surface area contributed by atoms with Crippen LogP contribution in [0, 0.1) is 0 Å². The molecule has 2 saturated heterocycles. The highest BCUT2D eigenvalue weighted by Crippen LogP contribution is 2.21. The third kappa shape index (κ3) is 4.45. The zero-order valence-electron chi connectivity index (χ0n) is 13.7. The van der Waals surface area contributed by atoms with E-state index in [2.05, 4.69) is 4.90 Å². The molecule has 0 saturated carbocycles. The summed E-state index contributed by atoms with van der Waals surface area (Å²) in [5.74, 6) is 0. The highest BCUT2D eigenvalue weighted by atomic mass is 16.6. The predicted molar refractivity (Wildman–Crippen MR) is 90.0 cm³/mol. The van der Waals surface area contributed by atoms with Crippen LogP contribution >= 0.6 is 0 Å². The number of ether oxygens (including phenoxy) is 1. The molecule has 5 nitrogen and oxygen atoms in total. The molecule has 23 heavy (non-hydrogen) atoms. The topological polar surface area (TPSA) is 58.8 Å². The Bertz CT molecular complexity index is 492. The monoisotopic (exact) mass is 317 g/mol. The molecule has 1 aromatic rings. The van der Waals surface area contributed by atoms with Gasteiger partial charge in [-0.2, -0.15) is 0 Å². The highest BCUT2D eigenvalue weighted by Gasteiger charge is 2.29. The largest absolute Gasteiger partial charge is 0.445 e. The molecule has 1 amide bonds. The van der Waals surface area contributed by atoms with Gasteiger partial charge in [-0.15, -0.1) is 0 Å². The highest BCUT2D eigenvalue weighted by molar-refractivity contribution is 5.67. The molecule has 5 heteroatoms. The molecule has 0 aromatic heterocycles. The molecular formula is C18H27N3O2. The van der Waals surface area contributed by atoms with Gasteiger partial charge in [0.1, 0.15) is 6.61 Å². The van der Waals surface area contributed by atoms with Gasteiger partial charge in [0.15, 0.2) is 0 Å². The lowest BCUT2D eigenvalue weighted by molar-refractivity contribution is 0.0611. The zero-order chi connectivity index (χ0) is 16.1. The summed E-state index contributed by atoms with van der Waals surface area (Å²) < 4.78 is 5.42. The molecule has 2 aliphatic rings. The summed E-state index contributed by atoms with van der Waals surface area (Å²) in [5, 5.41) is 0. The molecule has 0 atom stereocenters. The summed E-state index contributed by atoms with van der Waals surface area (Å²) >= 11 is 0. The summed E-state index contributed by atoms with van der Waals surface area (Å²) in [4.78, 5) is 16.6. The molecule has 2 fully saturated rings. The first kappa shape index (κ1) is 16.3. The Labute approximate surface area is 138 Å². The molecule has 126 valence electrons. The number of nitrogens with zero attached hydrogens (tertiary/aromatic N) is 2. The predicted octanol–water partition coefficient (Wildman–Crippen LogP) is 2.21. The van der Waals surface area contributed by atoms with Crippen molar-refractivity contribution in [2.24, 2.45) is 5.73 Å². The van der Waals surface area contributed by atoms with Crippen molar-refractivity contribution >= 4 is 6.09 Å². The first-order chi connectivity index (χ1) is 11.2. The van der Waals surface area contributed by atoms with Gasteiger partial charge in [0, 0.05) is 25.2 Å². The maximum absolute atomic E-state index is 12.2. The van der Waals surface area contributed by atoms with E-state index in [1.54, 1.807) is 0 Å². The Morgan fingerprint density at radius 1 is 1.04 bits per heavy atom. The van der Waals surface area contributed by atoms with Crippen LogP contribution in [0.4, 0.5) is 4.79 Å². The lowest BCUT2D eigenvalue weighted by atomic mass is 9.98. The molecule has 0 spiro atoms. The van der Waals surface area contributed by atoms with Crippen LogP contribution in [0.15, 0.2) is 30.3 Å². The molecule has 1 aromatic carbocycles. The number of carbonyl (C=O) groups is 1. The standard InChI is InChI=1S/C18H27N3O2/c19-16-6-10-20(11-7-16)17-8-12-21(13-9-17)18(22)23-14-15-4-2-1-3-5-15/h1-5,16-17H,6-14,19H2. The Kier molecular flexibility index (Phi) is 5.51. The van der Waals surface area contributed by atoms with Crippen LogP contribution in [0.1, 0.15) is 31.2 Å². The molecule has 2 N–H and O–H groups in total. The van der Waals surface area contributed by atoms with Crippen molar-refractivity contribution in [3.05, 3.63) is 35.9 Å². The number of rotatable bonds is 3. The number of nitrogens with two attached hydrogens (primary N) is 1. The van der Waals surface area contributed by atoms with Gasteiger partial charge in [-0.1, -0.05) is 30.3 Å². The van der Waals surface area contributed by atoms with Gasteiger partial charge in [-0.25, -0.2) is 4.79 Å². The lowest BCUT2D eigenvalue weighted by Crippen LogP contribution is -2.50. The number of benzene rings is 1. The fourth-order valence-electron chi connectivity index (χ4n) is 3.51. The Hall–Kier alpha value is -1.59.